The molecule has 4 rings (SSSR count). The zero-order valence-corrected chi connectivity index (χ0v) is 14.3. The Balaban J connectivity index is 1.35. The van der Waals surface area contributed by atoms with Crippen LogP contribution in [0, 0.1) is 0 Å². The molecule has 0 radical (unpaired) electrons. The van der Waals surface area contributed by atoms with Crippen LogP contribution in [-0.4, -0.2) is 64.3 Å². The maximum Gasteiger partial charge on any atom is 0.328 e. The van der Waals surface area contributed by atoms with E-state index in [0.29, 0.717) is 26.1 Å². The highest BCUT2D eigenvalue weighted by Crippen LogP contribution is 2.31. The van der Waals surface area contributed by atoms with E-state index >= 15 is 0 Å². The molecule has 0 saturated carbocycles. The minimum absolute atomic E-state index is 0.0732. The van der Waals surface area contributed by atoms with Gasteiger partial charge in [0, 0.05) is 19.6 Å². The van der Waals surface area contributed by atoms with Gasteiger partial charge in [0.05, 0.1) is 0 Å². The summed E-state index contributed by atoms with van der Waals surface area (Å²) < 4.78 is 0. The lowest BCUT2D eigenvalue weighted by Crippen LogP contribution is -2.46. The van der Waals surface area contributed by atoms with Crippen molar-refractivity contribution in [2.24, 2.45) is 0 Å². The molecule has 6 nitrogen and oxygen atoms in total. The Kier molecular flexibility index (Phi) is 4.19. The van der Waals surface area contributed by atoms with Gasteiger partial charge in [-0.05, 0) is 37.7 Å². The van der Waals surface area contributed by atoms with E-state index in [1.54, 1.807) is 9.80 Å². The molecule has 0 aliphatic carbocycles. The molecule has 0 aromatic heterocycles. The van der Waals surface area contributed by atoms with E-state index in [2.05, 4.69) is 12.1 Å². The first-order chi connectivity index (χ1) is 12.2. The fourth-order valence-corrected chi connectivity index (χ4v) is 4.24. The Morgan fingerprint density at radius 2 is 1.72 bits per heavy atom. The molecule has 3 saturated heterocycles. The molecule has 2 atom stereocenters. The number of amides is 4. The zero-order chi connectivity index (χ0) is 17.4. The summed E-state index contributed by atoms with van der Waals surface area (Å²) in [5.41, 5.74) is 1.26. The van der Waals surface area contributed by atoms with Crippen LogP contribution in [0.15, 0.2) is 30.3 Å². The summed E-state index contributed by atoms with van der Waals surface area (Å²) in [5.74, 6) is -0.247. The second kappa shape index (κ2) is 6.50. The van der Waals surface area contributed by atoms with Crippen molar-refractivity contribution in [2.45, 2.75) is 44.2 Å². The topological polar surface area (TPSA) is 60.9 Å². The Morgan fingerprint density at radius 1 is 0.920 bits per heavy atom. The Labute approximate surface area is 147 Å². The second-order valence-electron chi connectivity index (χ2n) is 7.06. The molecule has 132 valence electrons. The molecule has 1 aromatic rings. The van der Waals surface area contributed by atoms with Gasteiger partial charge < -0.3 is 9.80 Å². The smallest absolute Gasteiger partial charge is 0.328 e. The van der Waals surface area contributed by atoms with Gasteiger partial charge >= 0.3 is 6.03 Å². The second-order valence-corrected chi connectivity index (χ2v) is 7.06. The van der Waals surface area contributed by atoms with E-state index < -0.39 is 6.04 Å². The summed E-state index contributed by atoms with van der Waals surface area (Å²) >= 11 is 0. The van der Waals surface area contributed by atoms with Crippen LogP contribution in [0.3, 0.4) is 0 Å². The number of urea groups is 1. The van der Waals surface area contributed by atoms with E-state index in [9.17, 15) is 14.4 Å². The fourth-order valence-electron chi connectivity index (χ4n) is 4.24. The van der Waals surface area contributed by atoms with Gasteiger partial charge in [0.1, 0.15) is 12.1 Å². The first-order valence-electron chi connectivity index (χ1n) is 9.13. The molecule has 3 aliphatic heterocycles. The molecular weight excluding hydrogens is 318 g/mol. The highest BCUT2D eigenvalue weighted by atomic mass is 16.2. The quantitative estimate of drug-likeness (QED) is 0.765. The molecule has 0 N–H and O–H groups in total. The Morgan fingerprint density at radius 3 is 2.48 bits per heavy atom. The van der Waals surface area contributed by atoms with E-state index in [0.717, 1.165) is 25.7 Å². The van der Waals surface area contributed by atoms with Gasteiger partial charge in [-0.2, -0.15) is 0 Å². The van der Waals surface area contributed by atoms with Crippen LogP contribution in [-0.2, 0) is 16.0 Å². The number of hydrogen-bond donors (Lipinski definition) is 0. The van der Waals surface area contributed by atoms with Crippen LogP contribution in [0.5, 0.6) is 0 Å². The van der Waals surface area contributed by atoms with Crippen LogP contribution in [0.25, 0.3) is 0 Å². The summed E-state index contributed by atoms with van der Waals surface area (Å²) in [6.07, 6.45) is 3.97. The van der Waals surface area contributed by atoms with E-state index in [1.165, 1.54) is 10.5 Å². The van der Waals surface area contributed by atoms with Gasteiger partial charge in [-0.1, -0.05) is 30.3 Å². The first-order valence-corrected chi connectivity index (χ1v) is 9.13. The van der Waals surface area contributed by atoms with Crippen LogP contribution >= 0.6 is 0 Å². The number of likely N-dealkylation sites (tertiary alicyclic amines) is 1. The summed E-state index contributed by atoms with van der Waals surface area (Å²) in [4.78, 5) is 42.4. The van der Waals surface area contributed by atoms with Crippen molar-refractivity contribution in [3.8, 4) is 0 Å². The lowest BCUT2D eigenvalue weighted by molar-refractivity contribution is -0.138. The molecule has 2 unspecified atom stereocenters. The highest BCUT2D eigenvalue weighted by Gasteiger charge is 2.53. The molecule has 0 bridgehead atoms. The first kappa shape index (κ1) is 16.1. The largest absolute Gasteiger partial charge is 0.341 e. The molecule has 3 fully saturated rings. The molecule has 25 heavy (non-hydrogen) atoms. The number of carbonyl (C=O) groups excluding carboxylic acids is 3. The number of carbonyl (C=O) groups is 3. The summed E-state index contributed by atoms with van der Waals surface area (Å²) in [7, 11) is 0. The van der Waals surface area contributed by atoms with Crippen molar-refractivity contribution in [1.29, 1.82) is 0 Å². The molecule has 3 aliphatic rings. The molecular formula is C19H23N3O3. The van der Waals surface area contributed by atoms with Crippen LogP contribution in [0.1, 0.15) is 31.2 Å². The van der Waals surface area contributed by atoms with Crippen molar-refractivity contribution in [1.82, 2.24) is 14.7 Å². The third-order valence-corrected chi connectivity index (χ3v) is 5.54. The number of fused-ring (bicyclic) bond motifs is 1. The number of hydrogen-bond acceptors (Lipinski definition) is 3. The number of nitrogens with zero attached hydrogens (tertiary/aromatic N) is 3. The number of benzene rings is 1. The number of aryl methyl sites for hydroxylation is 1. The predicted octanol–water partition coefficient (Wildman–Crippen LogP) is 1.65. The van der Waals surface area contributed by atoms with Gasteiger partial charge in [0.15, 0.2) is 0 Å². The van der Waals surface area contributed by atoms with Gasteiger partial charge in [-0.25, -0.2) is 9.69 Å². The van der Waals surface area contributed by atoms with Crippen molar-refractivity contribution in [3.05, 3.63) is 35.9 Å². The van der Waals surface area contributed by atoms with Crippen LogP contribution in [0.2, 0.25) is 0 Å². The maximum absolute atomic E-state index is 12.7. The summed E-state index contributed by atoms with van der Waals surface area (Å²) in [6.45, 7) is 1.93. The van der Waals surface area contributed by atoms with Gasteiger partial charge in [-0.15, -0.1) is 0 Å². The fraction of sp³-hybridized carbons (Fsp3) is 0.526. The summed E-state index contributed by atoms with van der Waals surface area (Å²) in [5, 5.41) is 0. The summed E-state index contributed by atoms with van der Waals surface area (Å²) in [6, 6.07) is 9.01. The SMILES string of the molecule is O=C1C(N2C(=O)C3CCCN3C2=O)CCN1CCCc1ccccc1. The number of imide groups is 1. The lowest BCUT2D eigenvalue weighted by Gasteiger charge is -2.22. The van der Waals surface area contributed by atoms with Crippen LogP contribution < -0.4 is 0 Å². The minimum atomic E-state index is -0.595. The van der Waals surface area contributed by atoms with Crippen molar-refractivity contribution in [3.63, 3.8) is 0 Å². The van der Waals surface area contributed by atoms with Crippen LogP contribution in [0.4, 0.5) is 4.79 Å². The lowest BCUT2D eigenvalue weighted by atomic mass is 10.1. The van der Waals surface area contributed by atoms with E-state index in [-0.39, 0.29) is 23.9 Å². The molecule has 6 heteroatoms. The Bertz CT molecular complexity index is 668. The van der Waals surface area contributed by atoms with Gasteiger partial charge in [0.2, 0.25) is 5.91 Å². The zero-order valence-electron chi connectivity index (χ0n) is 14.3. The average molecular weight is 341 g/mol. The van der Waals surface area contributed by atoms with E-state index in [1.807, 2.05) is 18.2 Å². The monoisotopic (exact) mass is 341 g/mol. The number of rotatable bonds is 5. The molecule has 1 aromatic carbocycles. The maximum atomic E-state index is 12.7. The Hall–Kier alpha value is -2.37. The van der Waals surface area contributed by atoms with Gasteiger partial charge in [-0.3, -0.25) is 9.59 Å². The highest BCUT2D eigenvalue weighted by molar-refractivity contribution is 6.08. The van der Waals surface area contributed by atoms with Crippen molar-refractivity contribution < 1.29 is 14.4 Å². The third-order valence-electron chi connectivity index (χ3n) is 5.54. The molecule has 0 spiro atoms. The average Bonchev–Trinajstić information content (AvgIpc) is 3.29. The standard InChI is InChI=1S/C19H23N3O3/c23-17-16(22-18(24)15-9-5-12-21(15)19(22)25)10-13-20(17)11-4-8-14-6-2-1-3-7-14/h1-3,6-7,15-16H,4-5,8-13H2. The van der Waals surface area contributed by atoms with E-state index in [4.69, 9.17) is 0 Å². The molecule has 3 heterocycles. The van der Waals surface area contributed by atoms with Gasteiger partial charge in [0.25, 0.3) is 5.91 Å². The minimum Gasteiger partial charge on any atom is -0.341 e. The predicted molar refractivity (Wildman–Crippen MR) is 91.7 cm³/mol. The third kappa shape index (κ3) is 2.79. The normalized spacial score (nSPS) is 26.1. The molecule has 4 amide bonds. The van der Waals surface area contributed by atoms with Crippen molar-refractivity contribution >= 4 is 17.8 Å². The van der Waals surface area contributed by atoms with Crippen molar-refractivity contribution in [2.75, 3.05) is 19.6 Å².